The third kappa shape index (κ3) is 5.04. The highest BCUT2D eigenvalue weighted by atomic mass is 14.8. The number of nitrogens with zero attached hydrogens (tertiary/aromatic N) is 3. The molecule has 0 aromatic carbocycles. The Balaban J connectivity index is 0.000000180. The molecule has 0 atom stereocenters. The van der Waals surface area contributed by atoms with Crippen LogP contribution in [0.2, 0.25) is 0 Å². The average molecular weight is 243 g/mol. The molecule has 0 fully saturated rings. The van der Waals surface area contributed by atoms with Crippen molar-refractivity contribution in [2.75, 3.05) is 0 Å². The van der Waals surface area contributed by atoms with Crippen LogP contribution in [0, 0.1) is 0 Å². The molecule has 0 aliphatic rings. The first-order chi connectivity index (χ1) is 8.61. The lowest BCUT2D eigenvalue weighted by molar-refractivity contribution is 0.823. The standard InChI is InChI=1S/C8H11N.C7H10N2/c1-7(2)8-5-3-4-6-9-8;1-6(2)7-3-8-5-9-4-7/h3-7H,1-2H3;3-6H,1-2H3. The molecule has 18 heavy (non-hydrogen) atoms. The fourth-order valence-electron chi connectivity index (χ4n) is 1.33. The van der Waals surface area contributed by atoms with Crippen LogP contribution < -0.4 is 0 Å². The molecule has 0 aliphatic heterocycles. The van der Waals surface area contributed by atoms with E-state index < -0.39 is 0 Å². The maximum absolute atomic E-state index is 4.18. The first kappa shape index (κ1) is 14.3. The van der Waals surface area contributed by atoms with Gasteiger partial charge in [-0.1, -0.05) is 33.8 Å². The van der Waals surface area contributed by atoms with Gasteiger partial charge >= 0.3 is 0 Å². The van der Waals surface area contributed by atoms with Gasteiger partial charge in [0.1, 0.15) is 6.33 Å². The molecule has 0 saturated carbocycles. The Hall–Kier alpha value is -1.77. The van der Waals surface area contributed by atoms with Gasteiger partial charge in [0.2, 0.25) is 0 Å². The highest BCUT2D eigenvalue weighted by molar-refractivity contribution is 5.07. The predicted molar refractivity (Wildman–Crippen MR) is 74.4 cm³/mol. The van der Waals surface area contributed by atoms with Crippen molar-refractivity contribution in [3.05, 3.63) is 54.4 Å². The van der Waals surface area contributed by atoms with Crippen LogP contribution in [0.15, 0.2) is 43.1 Å². The average Bonchev–Trinajstić information content (AvgIpc) is 2.41. The zero-order chi connectivity index (χ0) is 13.4. The zero-order valence-corrected chi connectivity index (χ0v) is 11.5. The lowest BCUT2D eigenvalue weighted by Crippen LogP contribution is -1.88. The lowest BCUT2D eigenvalue weighted by Gasteiger charge is -2.00. The van der Waals surface area contributed by atoms with E-state index in [0.29, 0.717) is 11.8 Å². The van der Waals surface area contributed by atoms with Gasteiger partial charge in [-0.25, -0.2) is 9.97 Å². The molecule has 2 aromatic rings. The summed E-state index contributed by atoms with van der Waals surface area (Å²) in [5.74, 6) is 1.08. The van der Waals surface area contributed by atoms with E-state index >= 15 is 0 Å². The molecule has 3 nitrogen and oxygen atoms in total. The summed E-state index contributed by atoms with van der Waals surface area (Å²) < 4.78 is 0. The Morgan fingerprint density at radius 3 is 1.89 bits per heavy atom. The molecule has 0 unspecified atom stereocenters. The predicted octanol–water partition coefficient (Wildman–Crippen LogP) is 3.81. The van der Waals surface area contributed by atoms with Gasteiger partial charge in [0.05, 0.1) is 0 Å². The topological polar surface area (TPSA) is 38.7 Å². The van der Waals surface area contributed by atoms with Gasteiger partial charge < -0.3 is 0 Å². The van der Waals surface area contributed by atoms with Crippen molar-refractivity contribution in [1.29, 1.82) is 0 Å². The summed E-state index contributed by atoms with van der Waals surface area (Å²) in [5, 5.41) is 0. The number of aromatic nitrogens is 3. The van der Waals surface area contributed by atoms with Gasteiger partial charge in [0.25, 0.3) is 0 Å². The molecule has 2 heterocycles. The monoisotopic (exact) mass is 243 g/mol. The summed E-state index contributed by atoms with van der Waals surface area (Å²) in [5.41, 5.74) is 2.36. The largest absolute Gasteiger partial charge is 0.261 e. The van der Waals surface area contributed by atoms with Crippen LogP contribution in [-0.2, 0) is 0 Å². The van der Waals surface area contributed by atoms with E-state index in [4.69, 9.17) is 0 Å². The highest BCUT2D eigenvalue weighted by Gasteiger charge is 1.96. The molecule has 0 saturated heterocycles. The minimum Gasteiger partial charge on any atom is -0.261 e. The maximum Gasteiger partial charge on any atom is 0.115 e. The maximum atomic E-state index is 4.18. The van der Waals surface area contributed by atoms with Crippen LogP contribution in [0.4, 0.5) is 0 Å². The van der Waals surface area contributed by atoms with Gasteiger partial charge in [-0.3, -0.25) is 4.98 Å². The van der Waals surface area contributed by atoms with Crippen LogP contribution in [0.5, 0.6) is 0 Å². The SMILES string of the molecule is CC(C)c1ccccn1.CC(C)c1cncnc1. The molecule has 0 spiro atoms. The summed E-state index contributed by atoms with van der Waals surface area (Å²) in [6.07, 6.45) is 7.07. The second kappa shape index (κ2) is 7.54. The lowest BCUT2D eigenvalue weighted by atomic mass is 10.1. The summed E-state index contributed by atoms with van der Waals surface area (Å²) in [6, 6.07) is 6.00. The highest BCUT2D eigenvalue weighted by Crippen LogP contribution is 2.09. The second-order valence-corrected chi connectivity index (χ2v) is 4.74. The number of pyridine rings is 1. The third-order valence-electron chi connectivity index (χ3n) is 2.53. The third-order valence-corrected chi connectivity index (χ3v) is 2.53. The molecule has 0 radical (unpaired) electrons. The van der Waals surface area contributed by atoms with E-state index in [1.165, 1.54) is 5.56 Å². The Bertz CT molecular complexity index is 381. The van der Waals surface area contributed by atoms with Crippen molar-refractivity contribution in [1.82, 2.24) is 15.0 Å². The van der Waals surface area contributed by atoms with Gasteiger partial charge in [-0.2, -0.15) is 0 Å². The summed E-state index contributed by atoms with van der Waals surface area (Å²) >= 11 is 0. The fourth-order valence-corrected chi connectivity index (χ4v) is 1.33. The fraction of sp³-hybridized carbons (Fsp3) is 0.400. The summed E-state index contributed by atoms with van der Waals surface area (Å²) in [4.78, 5) is 12.0. The van der Waals surface area contributed by atoms with Gasteiger partial charge in [-0.15, -0.1) is 0 Å². The van der Waals surface area contributed by atoms with Crippen molar-refractivity contribution in [3.63, 3.8) is 0 Å². The zero-order valence-electron chi connectivity index (χ0n) is 11.5. The van der Waals surface area contributed by atoms with Crippen LogP contribution in [-0.4, -0.2) is 15.0 Å². The van der Waals surface area contributed by atoms with Crippen LogP contribution >= 0.6 is 0 Å². The Labute approximate surface area is 109 Å². The molecular weight excluding hydrogens is 222 g/mol. The van der Waals surface area contributed by atoms with Crippen molar-refractivity contribution < 1.29 is 0 Å². The van der Waals surface area contributed by atoms with Crippen LogP contribution in [0.25, 0.3) is 0 Å². The van der Waals surface area contributed by atoms with E-state index in [-0.39, 0.29) is 0 Å². The van der Waals surface area contributed by atoms with Crippen molar-refractivity contribution in [2.24, 2.45) is 0 Å². The minimum absolute atomic E-state index is 0.534. The molecule has 2 aromatic heterocycles. The molecule has 3 heteroatoms. The number of rotatable bonds is 2. The summed E-state index contributed by atoms with van der Waals surface area (Å²) in [6.45, 7) is 8.53. The molecule has 0 aliphatic carbocycles. The molecule has 2 rings (SSSR count). The van der Waals surface area contributed by atoms with Gasteiger partial charge in [-0.05, 0) is 29.5 Å². The molecule has 96 valence electrons. The Morgan fingerprint density at radius 1 is 0.889 bits per heavy atom. The number of hydrogen-bond acceptors (Lipinski definition) is 3. The second-order valence-electron chi connectivity index (χ2n) is 4.74. The normalized spacial score (nSPS) is 10.1. The first-order valence-electron chi connectivity index (χ1n) is 6.27. The van der Waals surface area contributed by atoms with E-state index in [2.05, 4.69) is 42.6 Å². The quantitative estimate of drug-likeness (QED) is 0.805. The van der Waals surface area contributed by atoms with Crippen molar-refractivity contribution >= 4 is 0 Å². The Morgan fingerprint density at radius 2 is 1.56 bits per heavy atom. The van der Waals surface area contributed by atoms with Crippen molar-refractivity contribution in [3.8, 4) is 0 Å². The molecule has 0 amide bonds. The van der Waals surface area contributed by atoms with E-state index in [9.17, 15) is 0 Å². The molecule has 0 N–H and O–H groups in total. The minimum atomic E-state index is 0.534. The van der Waals surface area contributed by atoms with Crippen molar-refractivity contribution in [2.45, 2.75) is 39.5 Å². The van der Waals surface area contributed by atoms with E-state index in [1.54, 1.807) is 6.33 Å². The first-order valence-corrected chi connectivity index (χ1v) is 6.27. The Kier molecular flexibility index (Phi) is 5.98. The summed E-state index contributed by atoms with van der Waals surface area (Å²) in [7, 11) is 0. The van der Waals surface area contributed by atoms with Gasteiger partial charge in [0.15, 0.2) is 0 Å². The smallest absolute Gasteiger partial charge is 0.115 e. The van der Waals surface area contributed by atoms with Gasteiger partial charge in [0, 0.05) is 24.3 Å². The van der Waals surface area contributed by atoms with E-state index in [0.717, 1.165) is 5.69 Å². The van der Waals surface area contributed by atoms with E-state index in [1.807, 2.05) is 36.8 Å². The molecular formula is C15H21N3. The molecule has 0 bridgehead atoms. The van der Waals surface area contributed by atoms with Crippen LogP contribution in [0.1, 0.15) is 50.8 Å². The number of hydrogen-bond donors (Lipinski definition) is 0. The van der Waals surface area contributed by atoms with Crippen LogP contribution in [0.3, 0.4) is 0 Å².